The average Bonchev–Trinajstić information content (AvgIpc) is 3.05. The van der Waals surface area contributed by atoms with Crippen LogP contribution in [0.1, 0.15) is 45.2 Å². The van der Waals surface area contributed by atoms with Crippen LogP contribution in [-0.2, 0) is 7.05 Å². The van der Waals surface area contributed by atoms with Crippen LogP contribution in [0.25, 0.3) is 0 Å². The van der Waals surface area contributed by atoms with E-state index in [4.69, 9.17) is 0 Å². The number of hydrogen-bond donors (Lipinski definition) is 0. The molecule has 1 aromatic heterocycles. The van der Waals surface area contributed by atoms with Crippen LogP contribution in [0.3, 0.4) is 0 Å². The lowest BCUT2D eigenvalue weighted by Gasteiger charge is -2.35. The van der Waals surface area contributed by atoms with E-state index in [2.05, 4.69) is 13.8 Å². The molecule has 2 bridgehead atoms. The topological polar surface area (TPSA) is 48.9 Å². The fourth-order valence-corrected chi connectivity index (χ4v) is 4.72. The van der Waals surface area contributed by atoms with Crippen LogP contribution in [-0.4, -0.2) is 13.9 Å². The molecule has 4 atom stereocenters. The molecule has 5 nitrogen and oxygen atoms in total. The van der Waals surface area contributed by atoms with Crippen molar-refractivity contribution in [3.05, 3.63) is 32.1 Å². The zero-order chi connectivity index (χ0) is 13.5. The van der Waals surface area contributed by atoms with E-state index in [1.807, 2.05) is 0 Å². The predicted octanol–water partition coefficient (Wildman–Crippen LogP) is 1.21. The Morgan fingerprint density at radius 3 is 1.74 bits per heavy atom. The molecule has 102 valence electrons. The van der Waals surface area contributed by atoms with Gasteiger partial charge in [-0.2, -0.15) is 0 Å². The molecule has 5 heteroatoms. The summed E-state index contributed by atoms with van der Waals surface area (Å²) in [6.45, 7) is 4.14. The van der Waals surface area contributed by atoms with Gasteiger partial charge in [0.05, 0.1) is 12.1 Å². The maximum Gasteiger partial charge on any atom is 0.347 e. The van der Waals surface area contributed by atoms with Crippen molar-refractivity contribution >= 4 is 0 Å². The van der Waals surface area contributed by atoms with Gasteiger partial charge in [-0.15, -0.1) is 0 Å². The number of hydrogen-bond acceptors (Lipinski definition) is 2. The summed E-state index contributed by atoms with van der Waals surface area (Å²) in [7, 11) is 1.57. The molecule has 19 heavy (non-hydrogen) atoms. The fraction of sp³-hybridized carbons (Fsp3) is 0.714. The Morgan fingerprint density at radius 2 is 1.32 bits per heavy atom. The first-order chi connectivity index (χ1) is 9.02. The third-order valence-electron chi connectivity index (χ3n) is 5.48. The molecular formula is C14H19N3O2. The summed E-state index contributed by atoms with van der Waals surface area (Å²) in [6.07, 6.45) is 3.75. The summed E-state index contributed by atoms with van der Waals surface area (Å²) in [6, 6.07) is 0.0887. The zero-order valence-electron chi connectivity index (χ0n) is 11.6. The first-order valence-corrected chi connectivity index (χ1v) is 7.16. The monoisotopic (exact) mass is 261 g/mol. The number of nitrogens with zero attached hydrogens (tertiary/aromatic N) is 3. The van der Waals surface area contributed by atoms with E-state index in [-0.39, 0.29) is 23.5 Å². The lowest BCUT2D eigenvalue weighted by molar-refractivity contribution is 0.317. The Bertz CT molecular complexity index is 661. The Kier molecular flexibility index (Phi) is 1.98. The molecule has 1 aliphatic heterocycles. The van der Waals surface area contributed by atoms with Crippen LogP contribution in [0, 0.1) is 11.8 Å². The van der Waals surface area contributed by atoms with Gasteiger partial charge >= 0.3 is 11.4 Å². The standard InChI is InChI=1S/C14H19N3O2/c1-7-11-9-4-5-10(6-9)12(11)8(2)17-14(19)15(3)13(18)16(7)17/h7-10H,4-6H2,1-3H3/t7-,8+,9-,10-/m0/s1. The Balaban J connectivity index is 2.03. The molecule has 0 spiro atoms. The van der Waals surface area contributed by atoms with E-state index in [1.54, 1.807) is 16.4 Å². The van der Waals surface area contributed by atoms with E-state index in [0.717, 1.165) is 0 Å². The molecule has 3 aliphatic rings. The summed E-state index contributed by atoms with van der Waals surface area (Å²) >= 11 is 0. The van der Waals surface area contributed by atoms with Crippen LogP contribution in [0.4, 0.5) is 0 Å². The fourth-order valence-electron chi connectivity index (χ4n) is 4.72. The van der Waals surface area contributed by atoms with E-state index < -0.39 is 0 Å². The highest BCUT2D eigenvalue weighted by atomic mass is 16.2. The van der Waals surface area contributed by atoms with E-state index in [9.17, 15) is 9.59 Å². The van der Waals surface area contributed by atoms with Crippen LogP contribution >= 0.6 is 0 Å². The molecule has 0 N–H and O–H groups in total. The van der Waals surface area contributed by atoms with Gasteiger partial charge in [0.25, 0.3) is 0 Å². The van der Waals surface area contributed by atoms with Crippen molar-refractivity contribution in [1.82, 2.24) is 13.9 Å². The Morgan fingerprint density at radius 1 is 0.895 bits per heavy atom. The maximum atomic E-state index is 12.3. The second kappa shape index (κ2) is 3.32. The molecule has 1 fully saturated rings. The van der Waals surface area contributed by atoms with E-state index >= 15 is 0 Å². The third kappa shape index (κ3) is 1.12. The summed E-state index contributed by atoms with van der Waals surface area (Å²) in [5.41, 5.74) is 2.55. The predicted molar refractivity (Wildman–Crippen MR) is 71.2 cm³/mol. The minimum atomic E-state index is -0.182. The quantitative estimate of drug-likeness (QED) is 0.659. The van der Waals surface area contributed by atoms with Gasteiger partial charge in [0, 0.05) is 7.05 Å². The van der Waals surface area contributed by atoms with Crippen molar-refractivity contribution in [3.63, 3.8) is 0 Å². The van der Waals surface area contributed by atoms with Gasteiger partial charge in [-0.3, -0.25) is 0 Å². The molecule has 0 unspecified atom stereocenters. The second-order valence-corrected chi connectivity index (χ2v) is 6.28. The third-order valence-corrected chi connectivity index (χ3v) is 5.48. The molecule has 2 aliphatic carbocycles. The van der Waals surface area contributed by atoms with Crippen molar-refractivity contribution in [2.45, 2.75) is 45.2 Å². The van der Waals surface area contributed by atoms with Gasteiger partial charge in [0.1, 0.15) is 0 Å². The number of fused-ring (bicyclic) bond motifs is 5. The van der Waals surface area contributed by atoms with Crippen molar-refractivity contribution in [3.8, 4) is 0 Å². The molecule has 0 aromatic carbocycles. The van der Waals surface area contributed by atoms with Gasteiger partial charge in [-0.25, -0.2) is 23.5 Å². The highest BCUT2D eigenvalue weighted by Gasteiger charge is 2.47. The largest absolute Gasteiger partial charge is 0.347 e. The lowest BCUT2D eigenvalue weighted by atomic mass is 9.83. The number of aromatic nitrogens is 3. The molecule has 0 amide bonds. The highest BCUT2D eigenvalue weighted by Crippen LogP contribution is 2.56. The van der Waals surface area contributed by atoms with Gasteiger partial charge in [0.15, 0.2) is 0 Å². The molecule has 0 radical (unpaired) electrons. The van der Waals surface area contributed by atoms with Crippen molar-refractivity contribution in [2.75, 3.05) is 0 Å². The molecule has 1 aromatic rings. The summed E-state index contributed by atoms with van der Waals surface area (Å²) < 4.78 is 4.58. The van der Waals surface area contributed by atoms with Crippen LogP contribution < -0.4 is 11.4 Å². The van der Waals surface area contributed by atoms with Gasteiger partial charge in [-0.1, -0.05) is 0 Å². The summed E-state index contributed by atoms with van der Waals surface area (Å²) in [4.78, 5) is 24.5. The molecular weight excluding hydrogens is 242 g/mol. The smallest absolute Gasteiger partial charge is 0.246 e. The minimum Gasteiger partial charge on any atom is -0.246 e. The van der Waals surface area contributed by atoms with Crippen molar-refractivity contribution < 1.29 is 0 Å². The highest BCUT2D eigenvalue weighted by molar-refractivity contribution is 5.36. The van der Waals surface area contributed by atoms with Crippen molar-refractivity contribution in [1.29, 1.82) is 0 Å². The SMILES string of the molecule is C[C@@H]1C2=C([C@H]3CC[C@H]2C3)[C@H](C)n2c(=O)n(C)c(=O)n21. The average molecular weight is 261 g/mol. The summed E-state index contributed by atoms with van der Waals surface area (Å²) in [5, 5.41) is 0. The van der Waals surface area contributed by atoms with E-state index in [1.165, 1.54) is 35.0 Å². The van der Waals surface area contributed by atoms with Gasteiger partial charge in [0.2, 0.25) is 0 Å². The minimum absolute atomic E-state index is 0.0444. The van der Waals surface area contributed by atoms with Crippen molar-refractivity contribution in [2.24, 2.45) is 18.9 Å². The molecule has 0 saturated heterocycles. The molecule has 4 rings (SSSR count). The van der Waals surface area contributed by atoms with Crippen LogP contribution in [0.15, 0.2) is 20.7 Å². The zero-order valence-corrected chi connectivity index (χ0v) is 11.6. The first-order valence-electron chi connectivity index (χ1n) is 7.16. The van der Waals surface area contributed by atoms with Crippen LogP contribution in [0.2, 0.25) is 0 Å². The number of allylic oxidation sites excluding steroid dienone is 2. The van der Waals surface area contributed by atoms with Gasteiger partial charge < -0.3 is 0 Å². The normalized spacial score (nSPS) is 35.7. The van der Waals surface area contributed by atoms with E-state index in [0.29, 0.717) is 11.8 Å². The first kappa shape index (κ1) is 11.3. The number of rotatable bonds is 0. The molecule has 1 saturated carbocycles. The lowest BCUT2D eigenvalue weighted by Crippen LogP contribution is -2.38. The van der Waals surface area contributed by atoms with Crippen LogP contribution in [0.5, 0.6) is 0 Å². The Hall–Kier alpha value is -1.52. The Labute approximate surface area is 111 Å². The maximum absolute atomic E-state index is 12.3. The molecule has 2 heterocycles. The second-order valence-electron chi connectivity index (χ2n) is 6.28. The van der Waals surface area contributed by atoms with Gasteiger partial charge in [-0.05, 0) is 56.1 Å². The summed E-state index contributed by atoms with van der Waals surface area (Å²) in [5.74, 6) is 1.29.